The number of rotatable bonds is 13. The van der Waals surface area contributed by atoms with E-state index in [1.54, 1.807) is 18.3 Å². The number of fused-ring (bicyclic) bond motifs is 3. The first-order valence-electron chi connectivity index (χ1n) is 21.6. The molecule has 58 heavy (non-hydrogen) atoms. The number of anilines is 1. The number of piperazine rings is 1. The smallest absolute Gasteiger partial charge is 0.175 e. The zero-order valence-electron chi connectivity index (χ0n) is 34.4. The third-order valence-electron chi connectivity index (χ3n) is 13.3. The number of nitrogens with zero attached hydrogens (tertiary/aromatic N) is 7. The summed E-state index contributed by atoms with van der Waals surface area (Å²) in [5.41, 5.74) is 2.64. The number of nitrogens with one attached hydrogen (secondary N) is 1. The summed E-state index contributed by atoms with van der Waals surface area (Å²) in [5.74, 6) is 3.01. The number of aromatic hydroxyl groups is 1. The average molecular weight is 791 g/mol. The van der Waals surface area contributed by atoms with Gasteiger partial charge in [0.1, 0.15) is 35.0 Å². The summed E-state index contributed by atoms with van der Waals surface area (Å²) in [6, 6.07) is 12.0. The van der Waals surface area contributed by atoms with E-state index in [2.05, 4.69) is 43.8 Å². The lowest BCUT2D eigenvalue weighted by Crippen LogP contribution is -2.50. The second-order valence-corrected chi connectivity index (χ2v) is 17.4. The van der Waals surface area contributed by atoms with E-state index in [0.29, 0.717) is 53.2 Å². The Hall–Kier alpha value is -4.68. The maximum atomic E-state index is 17.2. The number of halogens is 1. The van der Waals surface area contributed by atoms with Gasteiger partial charge < -0.3 is 34.4 Å². The van der Waals surface area contributed by atoms with Crippen LogP contribution in [-0.4, -0.2) is 109 Å². The van der Waals surface area contributed by atoms with Crippen molar-refractivity contribution < 1.29 is 18.8 Å². The summed E-state index contributed by atoms with van der Waals surface area (Å²) in [6.07, 6.45) is 11.5. The van der Waals surface area contributed by atoms with Crippen molar-refractivity contribution in [2.24, 2.45) is 32.7 Å². The topological polar surface area (TPSA) is 122 Å². The van der Waals surface area contributed by atoms with Gasteiger partial charge in [0.2, 0.25) is 0 Å². The van der Waals surface area contributed by atoms with E-state index in [0.717, 1.165) is 119 Å². The van der Waals surface area contributed by atoms with Crippen LogP contribution in [0.1, 0.15) is 88.5 Å². The highest BCUT2D eigenvalue weighted by Gasteiger charge is 2.36. The molecule has 3 atom stereocenters. The van der Waals surface area contributed by atoms with Gasteiger partial charge in [0.25, 0.3) is 0 Å². The number of aliphatic imine (C=N–C) groups is 3. The monoisotopic (exact) mass is 790 g/mol. The van der Waals surface area contributed by atoms with E-state index in [9.17, 15) is 9.90 Å². The molecule has 2 bridgehead atoms. The summed E-state index contributed by atoms with van der Waals surface area (Å²) in [6.45, 7) is 16.8. The number of allylic oxidation sites excluding steroid dienone is 2. The van der Waals surface area contributed by atoms with Gasteiger partial charge in [-0.2, -0.15) is 0 Å². The first-order chi connectivity index (χ1) is 28.2. The molecule has 4 fully saturated rings. The number of benzene rings is 2. The molecule has 2 N–H and O–H groups in total. The van der Waals surface area contributed by atoms with Gasteiger partial charge >= 0.3 is 0 Å². The molecular weight excluding hydrogens is 732 g/mol. The molecule has 5 aliphatic heterocycles. The molecule has 308 valence electrons. The molecule has 0 radical (unpaired) electrons. The van der Waals surface area contributed by atoms with Crippen LogP contribution in [0.15, 0.2) is 73.1 Å². The Kier molecular flexibility index (Phi) is 12.2. The van der Waals surface area contributed by atoms with E-state index < -0.39 is 5.83 Å². The maximum absolute atomic E-state index is 17.2. The highest BCUT2D eigenvalue weighted by Crippen LogP contribution is 2.39. The third-order valence-corrected chi connectivity index (χ3v) is 13.3. The van der Waals surface area contributed by atoms with E-state index >= 15 is 4.39 Å². The number of aromatic nitrogens is 1. The summed E-state index contributed by atoms with van der Waals surface area (Å²) >= 11 is 0. The van der Waals surface area contributed by atoms with Crippen LogP contribution in [0.3, 0.4) is 0 Å². The highest BCUT2D eigenvalue weighted by atomic mass is 19.1. The van der Waals surface area contributed by atoms with Gasteiger partial charge in [-0.15, -0.1) is 0 Å². The van der Waals surface area contributed by atoms with Crippen molar-refractivity contribution in [3.63, 3.8) is 0 Å². The van der Waals surface area contributed by atoms with Crippen molar-refractivity contribution in [1.82, 2.24) is 20.3 Å². The summed E-state index contributed by atoms with van der Waals surface area (Å²) in [7, 11) is 0. The minimum Gasteiger partial charge on any atom is -0.508 e. The number of carbonyl (C=O) groups is 1. The first-order valence-corrected chi connectivity index (χ1v) is 21.6. The van der Waals surface area contributed by atoms with Crippen molar-refractivity contribution in [2.75, 3.05) is 57.3 Å². The summed E-state index contributed by atoms with van der Waals surface area (Å²) in [5, 5.41) is 20.5. The summed E-state index contributed by atoms with van der Waals surface area (Å²) in [4.78, 5) is 32.8. The second kappa shape index (κ2) is 17.7. The molecule has 12 heteroatoms. The number of phenols is 1. The van der Waals surface area contributed by atoms with Crippen molar-refractivity contribution in [2.45, 2.75) is 90.1 Å². The van der Waals surface area contributed by atoms with Gasteiger partial charge in [0, 0.05) is 62.7 Å². The molecule has 6 heterocycles. The van der Waals surface area contributed by atoms with Crippen LogP contribution in [0.25, 0.3) is 16.5 Å². The van der Waals surface area contributed by atoms with Gasteiger partial charge in [-0.05, 0) is 117 Å². The van der Waals surface area contributed by atoms with Crippen LogP contribution in [0.2, 0.25) is 0 Å². The minimum atomic E-state index is -0.496. The van der Waals surface area contributed by atoms with Crippen LogP contribution in [0.5, 0.6) is 5.75 Å². The number of aryl methyl sites for hydroxylation is 1. The standard InChI is InChI=1S/C46H59FN8O3/c1-5-32-7-6-8-33-22-36(57)23-37(42(32)33)44-43(47)45(38(25-50-44)46(48-4)55-26-34-9-10-35(27-55)51-34)49-15-20-53-16-11-30(12-17-53)21-31-13-18-54(19-14-31)41-24-40(58-52-41)39(28-56)29(2)3/h6-8,22-25,28-31,34-35,39,51,57H,4-5,9-21,26-27H2,1-3H3/b46-38+,49-45+. The van der Waals surface area contributed by atoms with E-state index in [1.807, 2.05) is 38.1 Å². The molecule has 8 rings (SSSR count). The molecule has 0 amide bonds. The van der Waals surface area contributed by atoms with Crippen molar-refractivity contribution >= 4 is 47.2 Å². The Morgan fingerprint density at radius 1 is 1.05 bits per heavy atom. The van der Waals surface area contributed by atoms with Gasteiger partial charge in [-0.3, -0.25) is 9.98 Å². The van der Waals surface area contributed by atoms with Crippen LogP contribution < -0.4 is 10.2 Å². The van der Waals surface area contributed by atoms with Crippen molar-refractivity contribution in [3.05, 3.63) is 70.5 Å². The molecule has 0 aliphatic carbocycles. The number of carbonyl (C=O) groups excluding carboxylic acids is 1. The Bertz CT molecular complexity index is 2090. The lowest BCUT2D eigenvalue weighted by atomic mass is 9.83. The number of piperidine rings is 2. The first kappa shape index (κ1) is 40.1. The number of phenolic OH excluding ortho intramolecular Hbond substituents is 1. The predicted molar refractivity (Wildman–Crippen MR) is 231 cm³/mol. The van der Waals surface area contributed by atoms with E-state index in [4.69, 9.17) is 14.5 Å². The molecule has 3 unspecified atom stereocenters. The number of aldehydes is 1. The third kappa shape index (κ3) is 8.41. The summed E-state index contributed by atoms with van der Waals surface area (Å²) < 4.78 is 22.8. The van der Waals surface area contributed by atoms with Crippen LogP contribution in [-0.2, 0) is 11.2 Å². The normalized spacial score (nSPS) is 24.4. The lowest BCUT2D eigenvalue weighted by Gasteiger charge is -2.36. The SMILES string of the molecule is C=N/C(=C1/C=NC(c2cc(O)cc3cccc(CC)c23)=C(F)/C1=N/CCN1CCC(CC2CCN(c3cc(C(C=O)C(C)C)on3)CC2)CC1)N1CC2CCC(C1)N2. The molecule has 2 aromatic carbocycles. The van der Waals surface area contributed by atoms with Gasteiger partial charge in [-0.1, -0.05) is 44.1 Å². The van der Waals surface area contributed by atoms with Crippen molar-refractivity contribution in [3.8, 4) is 5.75 Å². The highest BCUT2D eigenvalue weighted by molar-refractivity contribution is 6.29. The molecule has 0 spiro atoms. The van der Waals surface area contributed by atoms with Crippen LogP contribution >= 0.6 is 0 Å². The molecule has 0 saturated carbocycles. The van der Waals surface area contributed by atoms with Gasteiger partial charge in [0.05, 0.1) is 18.0 Å². The molecule has 1 aromatic heterocycles. The zero-order chi connectivity index (χ0) is 40.3. The van der Waals surface area contributed by atoms with Gasteiger partial charge in [0.15, 0.2) is 11.6 Å². The quantitative estimate of drug-likeness (QED) is 0.134. The zero-order valence-corrected chi connectivity index (χ0v) is 34.4. The van der Waals surface area contributed by atoms with Gasteiger partial charge in [-0.25, -0.2) is 9.38 Å². The fourth-order valence-electron chi connectivity index (χ4n) is 10.0. The lowest BCUT2D eigenvalue weighted by molar-refractivity contribution is -0.110. The largest absolute Gasteiger partial charge is 0.508 e. The molecule has 4 saturated heterocycles. The van der Waals surface area contributed by atoms with E-state index in [-0.39, 0.29) is 29.0 Å². The Morgan fingerprint density at radius 3 is 2.45 bits per heavy atom. The average Bonchev–Trinajstić information content (AvgIpc) is 3.85. The van der Waals surface area contributed by atoms with Crippen molar-refractivity contribution in [1.29, 1.82) is 0 Å². The Balaban J connectivity index is 0.938. The van der Waals surface area contributed by atoms with E-state index in [1.165, 1.54) is 6.42 Å². The fraction of sp³-hybridized carbons (Fsp3) is 0.543. The number of hydrogen-bond donors (Lipinski definition) is 2. The molecular formula is C46H59FN8O3. The molecule has 11 nitrogen and oxygen atoms in total. The number of hydrogen-bond acceptors (Lipinski definition) is 11. The second-order valence-electron chi connectivity index (χ2n) is 17.4. The Morgan fingerprint density at radius 2 is 1.78 bits per heavy atom. The van der Waals surface area contributed by atoms with Crippen LogP contribution in [0.4, 0.5) is 10.2 Å². The minimum absolute atomic E-state index is 0.0709. The molecule has 3 aromatic rings. The molecule has 5 aliphatic rings. The Labute approximate surface area is 341 Å². The maximum Gasteiger partial charge on any atom is 0.175 e. The predicted octanol–water partition coefficient (Wildman–Crippen LogP) is 7.56. The number of likely N-dealkylation sites (tertiary alicyclic amines) is 2. The fourth-order valence-corrected chi connectivity index (χ4v) is 10.0. The van der Waals surface area contributed by atoms with Crippen LogP contribution in [0, 0.1) is 17.8 Å².